The van der Waals surface area contributed by atoms with E-state index < -0.39 is 0 Å². The third-order valence-corrected chi connectivity index (χ3v) is 5.71. The highest BCUT2D eigenvalue weighted by atomic mass is 127. The molecule has 28 heavy (non-hydrogen) atoms. The first-order valence-corrected chi connectivity index (χ1v) is 10.2. The zero-order chi connectivity index (χ0) is 19.6. The van der Waals surface area contributed by atoms with Crippen LogP contribution in [0.5, 0.6) is 5.75 Å². The number of hydrogen-bond donors (Lipinski definition) is 2. The highest BCUT2D eigenvalue weighted by Crippen LogP contribution is 2.23. The van der Waals surface area contributed by atoms with Gasteiger partial charge in [-0.1, -0.05) is 25.1 Å². The fourth-order valence-electron chi connectivity index (χ4n) is 2.94. The van der Waals surface area contributed by atoms with Gasteiger partial charge in [-0.15, -0.1) is 35.3 Å². The van der Waals surface area contributed by atoms with Crippen molar-refractivity contribution in [3.05, 3.63) is 52.2 Å². The van der Waals surface area contributed by atoms with Crippen LogP contribution in [0.4, 0.5) is 0 Å². The number of methoxy groups -OCH3 is 1. The molecular weight excluding hydrogens is 483 g/mol. The molecule has 1 aromatic carbocycles. The smallest absolute Gasteiger partial charge is 0.191 e. The van der Waals surface area contributed by atoms with E-state index in [0.717, 1.165) is 31.2 Å². The minimum atomic E-state index is 0. The van der Waals surface area contributed by atoms with E-state index in [2.05, 4.69) is 71.2 Å². The average Bonchev–Trinajstić information content (AvgIpc) is 3.20. The van der Waals surface area contributed by atoms with Gasteiger partial charge < -0.3 is 20.3 Å². The third kappa shape index (κ3) is 7.60. The van der Waals surface area contributed by atoms with Gasteiger partial charge in [0.15, 0.2) is 5.96 Å². The monoisotopic (exact) mass is 516 g/mol. The van der Waals surface area contributed by atoms with Crippen LogP contribution in [0.25, 0.3) is 0 Å². The maximum Gasteiger partial charge on any atom is 0.191 e. The Kier molecular flexibility index (Phi) is 11.5. The number of halogens is 1. The number of aliphatic imine (C=N–C) groups is 1. The average molecular weight is 516 g/mol. The molecule has 2 rings (SSSR count). The Morgan fingerprint density at radius 3 is 2.43 bits per heavy atom. The molecule has 156 valence electrons. The Bertz CT molecular complexity index is 689. The van der Waals surface area contributed by atoms with E-state index in [-0.39, 0.29) is 24.0 Å². The summed E-state index contributed by atoms with van der Waals surface area (Å²) in [6, 6.07) is 12.9. The van der Waals surface area contributed by atoms with Crippen molar-refractivity contribution in [3.8, 4) is 5.75 Å². The molecule has 0 saturated heterocycles. The highest BCUT2D eigenvalue weighted by Gasteiger charge is 2.15. The lowest BCUT2D eigenvalue weighted by Crippen LogP contribution is -2.42. The predicted molar refractivity (Wildman–Crippen MR) is 132 cm³/mol. The van der Waals surface area contributed by atoms with E-state index in [1.165, 1.54) is 10.4 Å². The van der Waals surface area contributed by atoms with Crippen molar-refractivity contribution in [2.24, 2.45) is 4.99 Å². The van der Waals surface area contributed by atoms with Gasteiger partial charge in [-0.05, 0) is 55.6 Å². The second kappa shape index (κ2) is 13.0. The van der Waals surface area contributed by atoms with Crippen molar-refractivity contribution in [1.82, 2.24) is 15.5 Å². The van der Waals surface area contributed by atoms with Crippen LogP contribution in [-0.4, -0.2) is 52.2 Å². The van der Waals surface area contributed by atoms with Crippen LogP contribution >= 0.6 is 35.3 Å². The highest BCUT2D eigenvalue weighted by molar-refractivity contribution is 14.0. The summed E-state index contributed by atoms with van der Waals surface area (Å²) in [5, 5.41) is 9.01. The molecule has 0 bridgehead atoms. The minimum Gasteiger partial charge on any atom is -0.497 e. The predicted octanol–water partition coefficient (Wildman–Crippen LogP) is 4.34. The molecule has 7 heteroatoms. The van der Waals surface area contributed by atoms with Crippen LogP contribution in [0, 0.1) is 0 Å². The quantitative estimate of drug-likeness (QED) is 0.296. The number of hydrogen-bond acceptors (Lipinski definition) is 4. The van der Waals surface area contributed by atoms with Crippen molar-refractivity contribution < 1.29 is 4.74 Å². The molecule has 0 spiro atoms. The molecule has 2 unspecified atom stereocenters. The van der Waals surface area contributed by atoms with Crippen molar-refractivity contribution in [1.29, 1.82) is 0 Å². The molecule has 2 N–H and O–H groups in total. The normalized spacial score (nSPS) is 13.6. The summed E-state index contributed by atoms with van der Waals surface area (Å²) in [6.45, 7) is 3.94. The minimum absolute atomic E-state index is 0. The van der Waals surface area contributed by atoms with Crippen LogP contribution in [-0.2, 0) is 0 Å². The van der Waals surface area contributed by atoms with Gasteiger partial charge in [-0.3, -0.25) is 4.99 Å². The standard InChI is InChI=1S/C21H32N4OS.HI/c1-16(17-8-10-18(26-5)11-9-17)12-13-23-21(22-2)24-15-19(25(3)4)20-7-6-14-27-20;/h6-11,14,16,19H,12-13,15H2,1-5H3,(H2,22,23,24);1H. The molecule has 0 amide bonds. The van der Waals surface area contributed by atoms with Gasteiger partial charge in [-0.2, -0.15) is 0 Å². The van der Waals surface area contributed by atoms with Crippen LogP contribution < -0.4 is 15.4 Å². The number of nitrogens with zero attached hydrogens (tertiary/aromatic N) is 2. The zero-order valence-corrected chi connectivity index (χ0v) is 20.6. The van der Waals surface area contributed by atoms with Crippen LogP contribution in [0.15, 0.2) is 46.8 Å². The molecule has 5 nitrogen and oxygen atoms in total. The fourth-order valence-corrected chi connectivity index (χ4v) is 3.86. The van der Waals surface area contributed by atoms with E-state index in [1.54, 1.807) is 18.4 Å². The fraction of sp³-hybridized carbons (Fsp3) is 0.476. The summed E-state index contributed by atoms with van der Waals surface area (Å²) in [6.07, 6.45) is 1.04. The Morgan fingerprint density at radius 1 is 1.18 bits per heavy atom. The summed E-state index contributed by atoms with van der Waals surface area (Å²) in [4.78, 5) is 7.95. The maximum atomic E-state index is 5.23. The van der Waals surface area contributed by atoms with Gasteiger partial charge >= 0.3 is 0 Å². The maximum absolute atomic E-state index is 5.23. The Hall–Kier alpha value is -1.32. The number of likely N-dealkylation sites (N-methyl/N-ethyl adjacent to an activating group) is 1. The van der Waals surface area contributed by atoms with E-state index >= 15 is 0 Å². The molecule has 2 aromatic rings. The van der Waals surface area contributed by atoms with Crippen molar-refractivity contribution >= 4 is 41.3 Å². The van der Waals surface area contributed by atoms with Crippen LogP contribution in [0.3, 0.4) is 0 Å². The zero-order valence-electron chi connectivity index (χ0n) is 17.4. The second-order valence-electron chi connectivity index (χ2n) is 6.84. The lowest BCUT2D eigenvalue weighted by atomic mass is 9.98. The van der Waals surface area contributed by atoms with E-state index in [9.17, 15) is 0 Å². The van der Waals surface area contributed by atoms with Crippen LogP contribution in [0.2, 0.25) is 0 Å². The van der Waals surface area contributed by atoms with E-state index in [1.807, 2.05) is 19.2 Å². The number of thiophene rings is 1. The molecule has 0 saturated carbocycles. The lowest BCUT2D eigenvalue weighted by Gasteiger charge is -2.24. The Morgan fingerprint density at radius 2 is 1.89 bits per heavy atom. The van der Waals surface area contributed by atoms with Crippen LogP contribution in [0.1, 0.15) is 35.7 Å². The van der Waals surface area contributed by atoms with Gasteiger partial charge in [0.2, 0.25) is 0 Å². The second-order valence-corrected chi connectivity index (χ2v) is 7.82. The van der Waals surface area contributed by atoms with Gasteiger partial charge in [-0.25, -0.2) is 0 Å². The Balaban J connectivity index is 0.00000392. The number of benzene rings is 1. The summed E-state index contributed by atoms with van der Waals surface area (Å²) in [7, 11) is 7.73. The molecule has 0 aliphatic heterocycles. The van der Waals surface area contributed by atoms with Gasteiger partial charge in [0.1, 0.15) is 5.75 Å². The Labute approximate surface area is 190 Å². The number of nitrogens with one attached hydrogen (secondary N) is 2. The molecule has 1 heterocycles. The molecule has 1 aromatic heterocycles. The SMILES string of the molecule is CN=C(NCCC(C)c1ccc(OC)cc1)NCC(c1cccs1)N(C)C.I. The molecule has 2 atom stereocenters. The topological polar surface area (TPSA) is 48.9 Å². The summed E-state index contributed by atoms with van der Waals surface area (Å²) >= 11 is 1.79. The molecular formula is C21H33IN4OS. The first kappa shape index (κ1) is 24.7. The van der Waals surface area contributed by atoms with Crippen molar-refractivity contribution in [2.45, 2.75) is 25.3 Å². The molecule has 0 aliphatic carbocycles. The van der Waals surface area contributed by atoms with E-state index in [4.69, 9.17) is 4.74 Å². The summed E-state index contributed by atoms with van der Waals surface area (Å²) in [5.41, 5.74) is 1.32. The summed E-state index contributed by atoms with van der Waals surface area (Å²) < 4.78 is 5.23. The molecule has 0 radical (unpaired) electrons. The first-order valence-electron chi connectivity index (χ1n) is 9.33. The largest absolute Gasteiger partial charge is 0.497 e. The first-order chi connectivity index (χ1) is 13.0. The van der Waals surface area contributed by atoms with Gasteiger partial charge in [0.05, 0.1) is 13.2 Å². The lowest BCUT2D eigenvalue weighted by molar-refractivity contribution is 0.302. The van der Waals surface area contributed by atoms with Gasteiger partial charge in [0, 0.05) is 25.0 Å². The number of rotatable bonds is 9. The number of ether oxygens (including phenoxy) is 1. The summed E-state index contributed by atoms with van der Waals surface area (Å²) in [5.74, 6) is 2.22. The molecule has 0 aliphatic rings. The third-order valence-electron chi connectivity index (χ3n) is 4.74. The van der Waals surface area contributed by atoms with E-state index in [0.29, 0.717) is 12.0 Å². The molecule has 0 fully saturated rings. The van der Waals surface area contributed by atoms with Crippen molar-refractivity contribution in [2.75, 3.05) is 41.3 Å². The number of guanidine groups is 1. The van der Waals surface area contributed by atoms with Crippen molar-refractivity contribution in [3.63, 3.8) is 0 Å². The van der Waals surface area contributed by atoms with Gasteiger partial charge in [0.25, 0.3) is 0 Å².